The molecule has 1 aromatic heterocycles. The van der Waals surface area contributed by atoms with Gasteiger partial charge >= 0.3 is 0 Å². The number of hydrogen-bond acceptors (Lipinski definition) is 4. The summed E-state index contributed by atoms with van der Waals surface area (Å²) >= 11 is 0. The van der Waals surface area contributed by atoms with Gasteiger partial charge in [0.2, 0.25) is 0 Å². The zero-order valence-electron chi connectivity index (χ0n) is 15.7. The molecule has 2 heterocycles. The fourth-order valence-electron chi connectivity index (χ4n) is 3.38. The molecule has 1 fully saturated rings. The predicted octanol–water partition coefficient (Wildman–Crippen LogP) is 2.31. The van der Waals surface area contributed by atoms with Gasteiger partial charge in [-0.3, -0.25) is 14.6 Å². The molecule has 0 atom stereocenters. The summed E-state index contributed by atoms with van der Waals surface area (Å²) in [6.45, 7) is 10.1. The summed E-state index contributed by atoms with van der Waals surface area (Å²) in [5.41, 5.74) is 5.48. The van der Waals surface area contributed by atoms with Crippen LogP contribution in [0.1, 0.15) is 43.1 Å². The summed E-state index contributed by atoms with van der Waals surface area (Å²) in [6.07, 6.45) is 4.53. The molecule has 6 nitrogen and oxygen atoms in total. The van der Waals surface area contributed by atoms with Crippen molar-refractivity contribution in [1.29, 1.82) is 0 Å². The zero-order valence-corrected chi connectivity index (χ0v) is 15.7. The first-order chi connectivity index (χ1) is 12.4. The highest BCUT2D eigenvalue weighted by Gasteiger charge is 2.28. The van der Waals surface area contributed by atoms with Crippen LogP contribution in [0, 0.1) is 27.7 Å². The number of carbonyl (C=O) groups is 2. The van der Waals surface area contributed by atoms with Gasteiger partial charge in [0.25, 0.3) is 11.8 Å². The third-order valence-corrected chi connectivity index (χ3v) is 5.22. The summed E-state index contributed by atoms with van der Waals surface area (Å²) in [4.78, 5) is 37.1. The van der Waals surface area contributed by atoms with Gasteiger partial charge in [-0.05, 0) is 49.9 Å². The Bertz CT molecular complexity index is 814. The van der Waals surface area contributed by atoms with Crippen LogP contribution in [0.4, 0.5) is 0 Å². The lowest BCUT2D eigenvalue weighted by molar-refractivity contribution is 0.0531. The quantitative estimate of drug-likeness (QED) is 0.832. The van der Waals surface area contributed by atoms with E-state index in [1.165, 1.54) is 12.4 Å². The molecule has 0 saturated carbocycles. The van der Waals surface area contributed by atoms with E-state index in [9.17, 15) is 9.59 Å². The molecule has 2 amide bonds. The molecule has 6 heteroatoms. The molecular formula is C20H24N4O2. The number of benzene rings is 1. The third kappa shape index (κ3) is 3.31. The van der Waals surface area contributed by atoms with Gasteiger partial charge in [-0.1, -0.05) is 6.07 Å². The van der Waals surface area contributed by atoms with Crippen LogP contribution >= 0.6 is 0 Å². The van der Waals surface area contributed by atoms with Gasteiger partial charge in [0.15, 0.2) is 0 Å². The number of piperazine rings is 1. The first-order valence-corrected chi connectivity index (χ1v) is 8.82. The minimum absolute atomic E-state index is 0.0541. The minimum atomic E-state index is -0.135. The zero-order chi connectivity index (χ0) is 18.8. The van der Waals surface area contributed by atoms with Crippen molar-refractivity contribution in [2.75, 3.05) is 26.2 Å². The summed E-state index contributed by atoms with van der Waals surface area (Å²) in [7, 11) is 0. The van der Waals surface area contributed by atoms with Crippen LogP contribution in [0.3, 0.4) is 0 Å². The largest absolute Gasteiger partial charge is 0.335 e. The van der Waals surface area contributed by atoms with Gasteiger partial charge in [0.1, 0.15) is 5.69 Å². The second kappa shape index (κ2) is 7.23. The summed E-state index contributed by atoms with van der Waals surface area (Å²) in [6, 6.07) is 2.12. The monoisotopic (exact) mass is 352 g/mol. The van der Waals surface area contributed by atoms with Crippen molar-refractivity contribution in [2.24, 2.45) is 0 Å². The lowest BCUT2D eigenvalue weighted by atomic mass is 9.93. The van der Waals surface area contributed by atoms with E-state index in [0.29, 0.717) is 31.9 Å². The summed E-state index contributed by atoms with van der Waals surface area (Å²) in [5.74, 6) is -0.0811. The highest BCUT2D eigenvalue weighted by atomic mass is 16.2. The van der Waals surface area contributed by atoms with Crippen molar-refractivity contribution in [3.63, 3.8) is 0 Å². The van der Waals surface area contributed by atoms with Crippen LogP contribution in [0.5, 0.6) is 0 Å². The molecule has 26 heavy (non-hydrogen) atoms. The van der Waals surface area contributed by atoms with Crippen LogP contribution in [-0.2, 0) is 0 Å². The smallest absolute Gasteiger partial charge is 0.274 e. The standard InChI is InChI=1S/C20H24N4O2/c1-13-11-14(2)16(4)18(15(13)3)20(26)24-9-7-23(8-10-24)19(25)17-12-21-5-6-22-17/h5-6,11-12H,7-10H2,1-4H3. The third-order valence-electron chi connectivity index (χ3n) is 5.22. The summed E-state index contributed by atoms with van der Waals surface area (Å²) < 4.78 is 0. The van der Waals surface area contributed by atoms with Crippen LogP contribution in [-0.4, -0.2) is 57.8 Å². The Balaban J connectivity index is 1.73. The maximum Gasteiger partial charge on any atom is 0.274 e. The molecule has 0 aliphatic carbocycles. The number of amides is 2. The predicted molar refractivity (Wildman–Crippen MR) is 99.2 cm³/mol. The first kappa shape index (κ1) is 18.0. The molecular weight excluding hydrogens is 328 g/mol. The summed E-state index contributed by atoms with van der Waals surface area (Å²) in [5, 5.41) is 0. The van der Waals surface area contributed by atoms with Crippen molar-refractivity contribution in [3.05, 3.63) is 58.2 Å². The minimum Gasteiger partial charge on any atom is -0.335 e. The van der Waals surface area contributed by atoms with Crippen molar-refractivity contribution in [1.82, 2.24) is 19.8 Å². The molecule has 3 rings (SSSR count). The number of aromatic nitrogens is 2. The normalized spacial score (nSPS) is 14.5. The number of hydrogen-bond donors (Lipinski definition) is 0. The molecule has 0 bridgehead atoms. The molecule has 1 aliphatic rings. The van der Waals surface area contributed by atoms with E-state index in [0.717, 1.165) is 27.8 Å². The van der Waals surface area contributed by atoms with Crippen LogP contribution in [0.25, 0.3) is 0 Å². The molecule has 2 aromatic rings. The molecule has 0 spiro atoms. The molecule has 1 aliphatic heterocycles. The first-order valence-electron chi connectivity index (χ1n) is 8.82. The van der Waals surface area contributed by atoms with E-state index in [1.807, 2.05) is 32.6 Å². The molecule has 136 valence electrons. The molecule has 0 radical (unpaired) electrons. The van der Waals surface area contributed by atoms with E-state index in [4.69, 9.17) is 0 Å². The van der Waals surface area contributed by atoms with Gasteiger partial charge in [0.05, 0.1) is 6.20 Å². The lowest BCUT2D eigenvalue weighted by Crippen LogP contribution is -2.51. The van der Waals surface area contributed by atoms with E-state index in [-0.39, 0.29) is 11.8 Å². The highest BCUT2D eigenvalue weighted by molar-refractivity contribution is 5.98. The van der Waals surface area contributed by atoms with Gasteiger partial charge in [-0.15, -0.1) is 0 Å². The Kier molecular flexibility index (Phi) is 5.02. The van der Waals surface area contributed by atoms with Crippen LogP contribution in [0.15, 0.2) is 24.7 Å². The van der Waals surface area contributed by atoms with E-state index in [2.05, 4.69) is 16.0 Å². The Hall–Kier alpha value is -2.76. The van der Waals surface area contributed by atoms with E-state index >= 15 is 0 Å². The van der Waals surface area contributed by atoms with Crippen molar-refractivity contribution >= 4 is 11.8 Å². The van der Waals surface area contributed by atoms with Gasteiger partial charge < -0.3 is 9.80 Å². The number of rotatable bonds is 2. The molecule has 1 saturated heterocycles. The fourth-order valence-corrected chi connectivity index (χ4v) is 3.38. The Morgan fingerprint density at radius 1 is 0.846 bits per heavy atom. The lowest BCUT2D eigenvalue weighted by Gasteiger charge is -2.35. The van der Waals surface area contributed by atoms with Gasteiger partial charge in [-0.25, -0.2) is 4.98 Å². The second-order valence-electron chi connectivity index (χ2n) is 6.81. The van der Waals surface area contributed by atoms with E-state index < -0.39 is 0 Å². The van der Waals surface area contributed by atoms with Crippen molar-refractivity contribution in [3.8, 4) is 0 Å². The second-order valence-corrected chi connectivity index (χ2v) is 6.81. The molecule has 0 N–H and O–H groups in total. The van der Waals surface area contributed by atoms with Crippen LogP contribution < -0.4 is 0 Å². The number of carbonyl (C=O) groups excluding carboxylic acids is 2. The van der Waals surface area contributed by atoms with Crippen molar-refractivity contribution < 1.29 is 9.59 Å². The number of aryl methyl sites for hydroxylation is 2. The topological polar surface area (TPSA) is 66.4 Å². The Morgan fingerprint density at radius 3 is 1.88 bits per heavy atom. The van der Waals surface area contributed by atoms with E-state index in [1.54, 1.807) is 11.1 Å². The average molecular weight is 352 g/mol. The Morgan fingerprint density at radius 2 is 1.38 bits per heavy atom. The fraction of sp³-hybridized carbons (Fsp3) is 0.400. The molecule has 1 aromatic carbocycles. The average Bonchev–Trinajstić information content (AvgIpc) is 2.67. The van der Waals surface area contributed by atoms with Crippen LogP contribution in [0.2, 0.25) is 0 Å². The van der Waals surface area contributed by atoms with Gasteiger partial charge in [0, 0.05) is 44.1 Å². The maximum absolute atomic E-state index is 13.1. The SMILES string of the molecule is Cc1cc(C)c(C)c(C(=O)N2CCN(C(=O)c3cnccn3)CC2)c1C. The van der Waals surface area contributed by atoms with Gasteiger partial charge in [-0.2, -0.15) is 0 Å². The molecule has 0 unspecified atom stereocenters. The number of nitrogens with zero attached hydrogens (tertiary/aromatic N) is 4. The maximum atomic E-state index is 13.1. The Labute approximate surface area is 153 Å². The highest BCUT2D eigenvalue weighted by Crippen LogP contribution is 2.23. The van der Waals surface area contributed by atoms with Crippen molar-refractivity contribution in [2.45, 2.75) is 27.7 Å².